The van der Waals surface area contributed by atoms with E-state index >= 15 is 0 Å². The molecule has 162 valence electrons. The molecule has 1 N–H and O–H groups in total. The summed E-state index contributed by atoms with van der Waals surface area (Å²) in [6.07, 6.45) is -2.56. The number of thioether (sulfide) groups is 1. The predicted molar refractivity (Wildman–Crippen MR) is 119 cm³/mol. The van der Waals surface area contributed by atoms with Crippen LogP contribution in [0.2, 0.25) is 0 Å². The van der Waals surface area contributed by atoms with Gasteiger partial charge in [-0.15, -0.1) is 24.9 Å². The number of rotatable bonds is 6. The molecule has 0 unspecified atom stereocenters. The maximum Gasteiger partial charge on any atom is 0.573 e. The normalized spacial score (nSPS) is 11.3. The first kappa shape index (κ1) is 22.7. The number of carbonyl (C=O) groups excluding carboxylic acids is 1. The van der Waals surface area contributed by atoms with Gasteiger partial charge >= 0.3 is 6.36 Å². The lowest BCUT2D eigenvalue weighted by Gasteiger charge is -2.18. The summed E-state index contributed by atoms with van der Waals surface area (Å²) in [5.74, 6) is -0.420. The molecular weight excluding hydrogens is 423 g/mol. The zero-order valence-electron chi connectivity index (χ0n) is 17.3. The van der Waals surface area contributed by atoms with Crippen molar-refractivity contribution in [2.75, 3.05) is 11.6 Å². The molecule has 1 amide bonds. The van der Waals surface area contributed by atoms with Crippen LogP contribution in [-0.2, 0) is 11.2 Å². The average Bonchev–Trinajstić information content (AvgIpc) is 2.68. The topological polar surface area (TPSA) is 38.3 Å². The number of carbonyl (C=O) groups is 1. The van der Waals surface area contributed by atoms with Gasteiger partial charge in [-0.25, -0.2) is 0 Å². The Kier molecular flexibility index (Phi) is 6.95. The van der Waals surface area contributed by atoms with E-state index in [0.29, 0.717) is 16.8 Å². The van der Waals surface area contributed by atoms with Crippen molar-refractivity contribution in [2.45, 2.75) is 31.5 Å². The summed E-state index contributed by atoms with van der Waals surface area (Å²) in [6.45, 7) is 3.59. The van der Waals surface area contributed by atoms with Crippen molar-refractivity contribution in [3.8, 4) is 16.9 Å². The summed E-state index contributed by atoms with van der Waals surface area (Å²) in [7, 11) is 0. The smallest absolute Gasteiger partial charge is 0.405 e. The van der Waals surface area contributed by atoms with Crippen molar-refractivity contribution in [3.05, 3.63) is 77.4 Å². The van der Waals surface area contributed by atoms with Crippen LogP contribution in [0.5, 0.6) is 5.75 Å². The van der Waals surface area contributed by atoms with Gasteiger partial charge < -0.3 is 10.1 Å². The van der Waals surface area contributed by atoms with Crippen LogP contribution in [0.3, 0.4) is 0 Å². The van der Waals surface area contributed by atoms with Crippen LogP contribution in [0.4, 0.5) is 18.9 Å². The van der Waals surface area contributed by atoms with E-state index in [-0.39, 0.29) is 18.1 Å². The minimum absolute atomic E-state index is 0.163. The first-order valence-corrected chi connectivity index (χ1v) is 10.8. The van der Waals surface area contributed by atoms with Crippen LogP contribution in [0.25, 0.3) is 11.1 Å². The second-order valence-corrected chi connectivity index (χ2v) is 7.98. The zero-order chi connectivity index (χ0) is 22.6. The fourth-order valence-corrected chi connectivity index (χ4v) is 3.89. The number of ether oxygens (including phenoxy) is 1. The molecule has 3 rings (SSSR count). The Labute approximate surface area is 183 Å². The van der Waals surface area contributed by atoms with Crippen LogP contribution < -0.4 is 10.1 Å². The molecule has 0 aromatic heterocycles. The van der Waals surface area contributed by atoms with E-state index < -0.39 is 6.36 Å². The summed E-state index contributed by atoms with van der Waals surface area (Å²) in [5.41, 5.74) is 3.96. The monoisotopic (exact) mass is 445 g/mol. The quantitative estimate of drug-likeness (QED) is 0.426. The van der Waals surface area contributed by atoms with Gasteiger partial charge in [0.1, 0.15) is 5.75 Å². The third-order valence-corrected chi connectivity index (χ3v) is 5.47. The van der Waals surface area contributed by atoms with Crippen molar-refractivity contribution in [3.63, 3.8) is 0 Å². The van der Waals surface area contributed by atoms with Crippen LogP contribution in [0.15, 0.2) is 65.6 Å². The van der Waals surface area contributed by atoms with Crippen molar-refractivity contribution in [2.24, 2.45) is 0 Å². The molecule has 31 heavy (non-hydrogen) atoms. The molecule has 0 aliphatic heterocycles. The summed E-state index contributed by atoms with van der Waals surface area (Å²) < 4.78 is 42.6. The van der Waals surface area contributed by atoms with Gasteiger partial charge in [0.25, 0.3) is 0 Å². The number of para-hydroxylation sites is 1. The Bertz CT molecular complexity index is 1060. The van der Waals surface area contributed by atoms with E-state index in [1.165, 1.54) is 12.1 Å². The van der Waals surface area contributed by atoms with E-state index in [2.05, 4.69) is 10.1 Å². The number of hydrogen-bond acceptors (Lipinski definition) is 3. The first-order valence-electron chi connectivity index (χ1n) is 9.55. The molecule has 0 spiro atoms. The second-order valence-electron chi connectivity index (χ2n) is 7.10. The van der Waals surface area contributed by atoms with Gasteiger partial charge in [-0.05, 0) is 72.7 Å². The number of aryl methyl sites for hydroxylation is 2. The van der Waals surface area contributed by atoms with Gasteiger partial charge in [0.05, 0.1) is 6.42 Å². The standard InChI is InChI=1S/C24H22F3NO2S/c1-15-12-18(28-22(29)14-17-8-10-19(31-3)11-9-17)13-16(2)23(15)20-6-4-5-7-21(20)30-24(25,26)27/h4-13H,14H2,1-3H3,(H,28,29). The SMILES string of the molecule is CSc1ccc(CC(=O)Nc2cc(C)c(-c3ccccc3OC(F)(F)F)c(C)c2)cc1. The Morgan fingerprint density at radius 3 is 2.19 bits per heavy atom. The maximum absolute atomic E-state index is 12.8. The highest BCUT2D eigenvalue weighted by Crippen LogP contribution is 2.38. The highest BCUT2D eigenvalue weighted by molar-refractivity contribution is 7.98. The molecule has 0 radical (unpaired) electrons. The Morgan fingerprint density at radius 2 is 1.61 bits per heavy atom. The molecule has 3 nitrogen and oxygen atoms in total. The highest BCUT2D eigenvalue weighted by atomic mass is 32.2. The van der Waals surface area contributed by atoms with E-state index in [0.717, 1.165) is 21.6 Å². The molecule has 0 saturated heterocycles. The number of benzene rings is 3. The lowest BCUT2D eigenvalue weighted by atomic mass is 9.94. The van der Waals surface area contributed by atoms with Crippen LogP contribution >= 0.6 is 11.8 Å². The fraction of sp³-hybridized carbons (Fsp3) is 0.208. The Morgan fingerprint density at radius 1 is 1.00 bits per heavy atom. The Balaban J connectivity index is 1.82. The molecule has 3 aromatic rings. The molecule has 0 atom stereocenters. The first-order chi connectivity index (χ1) is 14.7. The second kappa shape index (κ2) is 9.47. The van der Waals surface area contributed by atoms with Gasteiger partial charge in [-0.2, -0.15) is 0 Å². The average molecular weight is 446 g/mol. The molecule has 0 saturated carbocycles. The van der Waals surface area contributed by atoms with Crippen LogP contribution in [-0.4, -0.2) is 18.5 Å². The van der Waals surface area contributed by atoms with Crippen LogP contribution in [0, 0.1) is 13.8 Å². The maximum atomic E-state index is 12.8. The van der Waals surface area contributed by atoms with E-state index in [1.807, 2.05) is 30.5 Å². The van der Waals surface area contributed by atoms with Crippen molar-refractivity contribution in [1.82, 2.24) is 0 Å². The minimum atomic E-state index is -4.78. The molecule has 0 heterocycles. The molecule has 0 bridgehead atoms. The largest absolute Gasteiger partial charge is 0.573 e. The molecule has 7 heteroatoms. The predicted octanol–water partition coefficient (Wildman–Crippen LogP) is 6.77. The molecule has 0 aliphatic carbocycles. The fourth-order valence-electron chi connectivity index (χ4n) is 3.48. The number of anilines is 1. The van der Waals surface area contributed by atoms with Gasteiger partial charge in [0.15, 0.2) is 0 Å². The van der Waals surface area contributed by atoms with Gasteiger partial charge in [0, 0.05) is 16.1 Å². The zero-order valence-corrected chi connectivity index (χ0v) is 18.2. The van der Waals surface area contributed by atoms with Gasteiger partial charge in [-0.1, -0.05) is 30.3 Å². The number of halogens is 3. The van der Waals surface area contributed by atoms with E-state index in [1.54, 1.807) is 49.9 Å². The van der Waals surface area contributed by atoms with Gasteiger partial charge in [-0.3, -0.25) is 4.79 Å². The molecule has 3 aromatic carbocycles. The Hall–Kier alpha value is -2.93. The van der Waals surface area contributed by atoms with Crippen molar-refractivity contribution in [1.29, 1.82) is 0 Å². The highest BCUT2D eigenvalue weighted by Gasteiger charge is 2.32. The number of alkyl halides is 3. The number of nitrogens with one attached hydrogen (secondary N) is 1. The van der Waals surface area contributed by atoms with Gasteiger partial charge in [0.2, 0.25) is 5.91 Å². The summed E-state index contributed by atoms with van der Waals surface area (Å²) in [4.78, 5) is 13.6. The third kappa shape index (κ3) is 6.04. The number of hydrogen-bond donors (Lipinski definition) is 1. The number of amides is 1. The van der Waals surface area contributed by atoms with Crippen molar-refractivity contribution >= 4 is 23.4 Å². The molecule has 0 aliphatic rings. The van der Waals surface area contributed by atoms with E-state index in [9.17, 15) is 18.0 Å². The summed E-state index contributed by atoms with van der Waals surface area (Å²) >= 11 is 1.63. The van der Waals surface area contributed by atoms with E-state index in [4.69, 9.17) is 0 Å². The van der Waals surface area contributed by atoms with Crippen LogP contribution in [0.1, 0.15) is 16.7 Å². The lowest BCUT2D eigenvalue weighted by Crippen LogP contribution is -2.17. The lowest BCUT2D eigenvalue weighted by molar-refractivity contribution is -0.274. The third-order valence-electron chi connectivity index (χ3n) is 4.72. The van der Waals surface area contributed by atoms with Crippen molar-refractivity contribution < 1.29 is 22.7 Å². The minimum Gasteiger partial charge on any atom is -0.405 e. The molecule has 0 fully saturated rings. The summed E-state index contributed by atoms with van der Waals surface area (Å²) in [5, 5.41) is 2.88. The molecular formula is C24H22F3NO2S. The summed E-state index contributed by atoms with van der Waals surface area (Å²) in [6, 6.07) is 17.3.